The van der Waals surface area contributed by atoms with E-state index in [1.807, 2.05) is 11.0 Å². The lowest BCUT2D eigenvalue weighted by atomic mass is 9.91. The summed E-state index contributed by atoms with van der Waals surface area (Å²) >= 11 is 0. The second-order valence-electron chi connectivity index (χ2n) is 8.60. The Morgan fingerprint density at radius 3 is 2.43 bits per heavy atom. The zero-order chi connectivity index (χ0) is 21.3. The summed E-state index contributed by atoms with van der Waals surface area (Å²) in [4.78, 5) is 31.7. The number of pyridine rings is 1. The van der Waals surface area contributed by atoms with E-state index in [0.717, 1.165) is 19.4 Å². The van der Waals surface area contributed by atoms with E-state index in [4.69, 9.17) is 0 Å². The molecule has 1 aliphatic heterocycles. The molecule has 1 aromatic carbocycles. The fourth-order valence-corrected chi connectivity index (χ4v) is 4.21. The molecule has 1 aromatic heterocycles. The van der Waals surface area contributed by atoms with Crippen LogP contribution in [0.4, 0.5) is 4.39 Å². The molecule has 1 aliphatic carbocycles. The summed E-state index contributed by atoms with van der Waals surface area (Å²) in [7, 11) is 0. The molecule has 2 aromatic rings. The van der Waals surface area contributed by atoms with Crippen molar-refractivity contribution in [3.63, 3.8) is 0 Å². The van der Waals surface area contributed by atoms with Crippen LogP contribution in [0.2, 0.25) is 0 Å². The first-order chi connectivity index (χ1) is 14.4. The van der Waals surface area contributed by atoms with Crippen LogP contribution in [-0.4, -0.2) is 34.3 Å². The molecule has 0 radical (unpaired) electrons. The Morgan fingerprint density at radius 1 is 1.07 bits per heavy atom. The van der Waals surface area contributed by atoms with Crippen LogP contribution in [0.25, 0.3) is 0 Å². The molecule has 2 amide bonds. The quantitative estimate of drug-likeness (QED) is 0.749. The first-order valence-corrected chi connectivity index (χ1v) is 10.7. The third-order valence-corrected chi connectivity index (χ3v) is 6.49. The Kier molecular flexibility index (Phi) is 5.58. The van der Waals surface area contributed by atoms with Crippen LogP contribution in [-0.2, 0) is 5.79 Å². The maximum absolute atomic E-state index is 16.0. The minimum atomic E-state index is -2.04. The van der Waals surface area contributed by atoms with Crippen LogP contribution in [0.5, 0.6) is 0 Å². The number of rotatable bonds is 5. The number of benzene rings is 1. The first-order valence-electron chi connectivity index (χ1n) is 10.7. The predicted molar refractivity (Wildman–Crippen MR) is 113 cm³/mol. The minimum Gasteiger partial charge on any atom is -0.336 e. The second kappa shape index (κ2) is 8.17. The van der Waals surface area contributed by atoms with E-state index in [9.17, 15) is 9.59 Å². The van der Waals surface area contributed by atoms with E-state index in [0.29, 0.717) is 29.9 Å². The average Bonchev–Trinajstić information content (AvgIpc) is 3.62. The Morgan fingerprint density at radius 2 is 1.80 bits per heavy atom. The molecule has 0 spiro atoms. The maximum atomic E-state index is 16.0. The van der Waals surface area contributed by atoms with Crippen LogP contribution < -0.4 is 5.32 Å². The molecular weight excluding hydrogens is 381 g/mol. The van der Waals surface area contributed by atoms with E-state index in [-0.39, 0.29) is 23.6 Å². The highest BCUT2D eigenvalue weighted by Crippen LogP contribution is 2.46. The summed E-state index contributed by atoms with van der Waals surface area (Å²) in [5.41, 5.74) is 0.998. The Hall–Kier alpha value is -2.76. The highest BCUT2D eigenvalue weighted by atomic mass is 19.1. The fraction of sp³-hybridized carbons (Fsp3) is 0.458. The van der Waals surface area contributed by atoms with Gasteiger partial charge in [-0.25, -0.2) is 4.39 Å². The molecular formula is C24H28FN3O2. The number of carbonyl (C=O) groups excluding carboxylic acids is 2. The van der Waals surface area contributed by atoms with Crippen LogP contribution in [0.15, 0.2) is 48.7 Å². The average molecular weight is 410 g/mol. The zero-order valence-electron chi connectivity index (χ0n) is 17.5. The number of alkyl halides is 1. The first kappa shape index (κ1) is 20.5. The summed E-state index contributed by atoms with van der Waals surface area (Å²) in [6.07, 6.45) is 4.93. The molecule has 2 fully saturated rings. The molecule has 4 rings (SSSR count). The van der Waals surface area contributed by atoms with Crippen LogP contribution in [0.3, 0.4) is 0 Å². The van der Waals surface area contributed by atoms with Gasteiger partial charge in [-0.15, -0.1) is 0 Å². The van der Waals surface area contributed by atoms with E-state index in [1.54, 1.807) is 30.3 Å². The van der Waals surface area contributed by atoms with Gasteiger partial charge in [0.1, 0.15) is 0 Å². The predicted octanol–water partition coefficient (Wildman–Crippen LogP) is 4.30. The number of carbonyl (C=O) groups is 2. The minimum absolute atomic E-state index is 0.0719. The third-order valence-electron chi connectivity index (χ3n) is 6.49. The molecule has 0 bridgehead atoms. The van der Waals surface area contributed by atoms with Crippen molar-refractivity contribution >= 4 is 11.8 Å². The standard InChI is InChI=1S/C24H28FN3O2/c1-16-7-6-14-28(17(16)2)23(30)19-10-13-21(26-15-19)24(25,20-11-12-20)27-22(29)18-8-4-3-5-9-18/h3-5,8-10,13,15-17,20H,6-7,11-12,14H2,1-2H3,(H,27,29). The van der Waals surface area contributed by atoms with E-state index >= 15 is 4.39 Å². The van der Waals surface area contributed by atoms with Gasteiger partial charge < -0.3 is 10.2 Å². The number of hydrogen-bond donors (Lipinski definition) is 1. The highest BCUT2D eigenvalue weighted by Gasteiger charge is 2.49. The summed E-state index contributed by atoms with van der Waals surface area (Å²) in [6.45, 7) is 4.96. The molecule has 1 saturated heterocycles. The van der Waals surface area contributed by atoms with E-state index < -0.39 is 11.7 Å². The molecule has 3 atom stereocenters. The van der Waals surface area contributed by atoms with Crippen molar-refractivity contribution in [2.45, 2.75) is 51.4 Å². The Labute approximate surface area is 176 Å². The molecule has 1 saturated carbocycles. The molecule has 5 nitrogen and oxygen atoms in total. The van der Waals surface area contributed by atoms with Gasteiger partial charge in [0.25, 0.3) is 11.8 Å². The SMILES string of the molecule is CC1CCCN(C(=O)c2ccc(C(F)(NC(=O)c3ccccc3)C3CC3)nc2)C1C. The Balaban J connectivity index is 1.53. The number of nitrogens with zero attached hydrogens (tertiary/aromatic N) is 2. The topological polar surface area (TPSA) is 62.3 Å². The van der Waals surface area contributed by atoms with Gasteiger partial charge in [-0.3, -0.25) is 14.6 Å². The number of piperidine rings is 1. The summed E-state index contributed by atoms with van der Waals surface area (Å²) < 4.78 is 16.0. The lowest BCUT2D eigenvalue weighted by Crippen LogP contribution is -2.46. The molecule has 1 N–H and O–H groups in total. The number of likely N-dealkylation sites (tertiary alicyclic amines) is 1. The monoisotopic (exact) mass is 409 g/mol. The number of nitrogens with one attached hydrogen (secondary N) is 1. The van der Waals surface area contributed by atoms with Gasteiger partial charge in [0.15, 0.2) is 0 Å². The molecule has 3 unspecified atom stereocenters. The van der Waals surface area contributed by atoms with Gasteiger partial charge in [-0.05, 0) is 62.8 Å². The molecule has 2 aliphatic rings. The van der Waals surface area contributed by atoms with Gasteiger partial charge >= 0.3 is 0 Å². The van der Waals surface area contributed by atoms with E-state index in [1.165, 1.54) is 12.3 Å². The summed E-state index contributed by atoms with van der Waals surface area (Å²) in [6, 6.07) is 11.9. The molecule has 158 valence electrons. The van der Waals surface area contributed by atoms with Crippen LogP contribution in [0, 0.1) is 11.8 Å². The fourth-order valence-electron chi connectivity index (χ4n) is 4.21. The van der Waals surface area contributed by atoms with Crippen molar-refractivity contribution in [1.29, 1.82) is 0 Å². The lowest BCUT2D eigenvalue weighted by Gasteiger charge is -2.38. The van der Waals surface area contributed by atoms with Crippen molar-refractivity contribution in [1.82, 2.24) is 15.2 Å². The van der Waals surface area contributed by atoms with Crippen LogP contribution >= 0.6 is 0 Å². The third kappa shape index (κ3) is 3.95. The second-order valence-corrected chi connectivity index (χ2v) is 8.60. The number of aromatic nitrogens is 1. The van der Waals surface area contributed by atoms with Gasteiger partial charge in [0, 0.05) is 30.3 Å². The summed E-state index contributed by atoms with van der Waals surface area (Å²) in [5.74, 6) is -2.43. The van der Waals surface area contributed by atoms with Gasteiger partial charge in [0.2, 0.25) is 5.79 Å². The maximum Gasteiger partial charge on any atom is 0.255 e. The van der Waals surface area contributed by atoms with Crippen LogP contribution in [0.1, 0.15) is 65.9 Å². The van der Waals surface area contributed by atoms with Gasteiger partial charge in [-0.1, -0.05) is 25.1 Å². The smallest absolute Gasteiger partial charge is 0.255 e. The van der Waals surface area contributed by atoms with Crippen molar-refractivity contribution in [2.75, 3.05) is 6.54 Å². The van der Waals surface area contributed by atoms with Crippen molar-refractivity contribution in [2.24, 2.45) is 11.8 Å². The Bertz CT molecular complexity index is 914. The largest absolute Gasteiger partial charge is 0.336 e. The van der Waals surface area contributed by atoms with Gasteiger partial charge in [0.05, 0.1) is 11.3 Å². The lowest BCUT2D eigenvalue weighted by molar-refractivity contribution is 0.0536. The van der Waals surface area contributed by atoms with E-state index in [2.05, 4.69) is 24.1 Å². The normalized spacial score (nSPS) is 23.5. The van der Waals surface area contributed by atoms with Crippen molar-refractivity contribution < 1.29 is 14.0 Å². The summed E-state index contributed by atoms with van der Waals surface area (Å²) in [5, 5.41) is 2.55. The van der Waals surface area contributed by atoms with Crippen molar-refractivity contribution in [3.05, 3.63) is 65.5 Å². The van der Waals surface area contributed by atoms with Crippen molar-refractivity contribution in [3.8, 4) is 0 Å². The van der Waals surface area contributed by atoms with Gasteiger partial charge in [-0.2, -0.15) is 0 Å². The molecule has 30 heavy (non-hydrogen) atoms. The molecule has 2 heterocycles. The zero-order valence-corrected chi connectivity index (χ0v) is 17.5. The highest BCUT2D eigenvalue weighted by molar-refractivity contribution is 5.95. The number of amides is 2. The number of hydrogen-bond acceptors (Lipinski definition) is 3. The molecule has 6 heteroatoms. The number of halogens is 1.